The van der Waals surface area contributed by atoms with Crippen LogP contribution in [0.4, 0.5) is 0 Å². The van der Waals surface area contributed by atoms with Crippen LogP contribution in [0.25, 0.3) is 0 Å². The lowest BCUT2D eigenvalue weighted by Crippen LogP contribution is -2.34. The number of amides is 1. The van der Waals surface area contributed by atoms with Crippen molar-refractivity contribution in [2.75, 3.05) is 13.2 Å². The van der Waals surface area contributed by atoms with Gasteiger partial charge >= 0.3 is 5.97 Å². The summed E-state index contributed by atoms with van der Waals surface area (Å²) in [6.45, 7) is 1.34. The fraction of sp³-hybridized carbons (Fsp3) is 0.714. The largest absolute Gasteiger partial charge is 0.464 e. The van der Waals surface area contributed by atoms with E-state index in [1.54, 1.807) is 0 Å². The molecule has 8 heteroatoms. The van der Waals surface area contributed by atoms with Crippen LogP contribution in [0.15, 0.2) is 0 Å². The Balaban J connectivity index is 3.46. The van der Waals surface area contributed by atoms with Gasteiger partial charge in [-0.05, 0) is 6.92 Å². The van der Waals surface area contributed by atoms with E-state index in [0.29, 0.717) is 6.41 Å². The van der Waals surface area contributed by atoms with Crippen LogP contribution in [0, 0.1) is 10.1 Å². The molecule has 0 aliphatic carbocycles. The van der Waals surface area contributed by atoms with Gasteiger partial charge in [0, 0.05) is 6.42 Å². The number of carbonyl (C=O) groups is 2. The maximum Gasteiger partial charge on any atom is 0.328 e. The highest BCUT2D eigenvalue weighted by atomic mass is 16.9. The van der Waals surface area contributed by atoms with Crippen LogP contribution in [0.1, 0.15) is 13.3 Å². The van der Waals surface area contributed by atoms with Gasteiger partial charge in [0.05, 0.1) is 13.2 Å². The Hall–Kier alpha value is -1.86. The lowest BCUT2D eigenvalue weighted by Gasteiger charge is -2.09. The minimum Gasteiger partial charge on any atom is -0.464 e. The lowest BCUT2D eigenvalue weighted by molar-refractivity contribution is -0.757. The second-order valence-electron chi connectivity index (χ2n) is 2.58. The fourth-order valence-corrected chi connectivity index (χ4v) is 0.666. The minimum absolute atomic E-state index is 0.0115. The summed E-state index contributed by atoms with van der Waals surface area (Å²) in [6.07, 6.45) is 0.613. The van der Waals surface area contributed by atoms with Crippen molar-refractivity contribution in [1.29, 1.82) is 0 Å². The van der Waals surface area contributed by atoms with Gasteiger partial charge in [-0.25, -0.2) is 4.79 Å². The minimum atomic E-state index is -0.918. The van der Waals surface area contributed by atoms with E-state index in [9.17, 15) is 19.7 Å². The third kappa shape index (κ3) is 7.23. The molecule has 0 heterocycles. The zero-order valence-electron chi connectivity index (χ0n) is 8.17. The molecule has 0 aromatic carbocycles. The van der Waals surface area contributed by atoms with Gasteiger partial charge in [0.2, 0.25) is 6.41 Å². The van der Waals surface area contributed by atoms with E-state index in [4.69, 9.17) is 0 Å². The van der Waals surface area contributed by atoms with Crippen LogP contribution >= 0.6 is 0 Å². The zero-order valence-corrected chi connectivity index (χ0v) is 8.17. The number of rotatable bonds is 8. The summed E-state index contributed by atoms with van der Waals surface area (Å²) in [4.78, 5) is 34.7. The summed E-state index contributed by atoms with van der Waals surface area (Å²) in [5, 5.41) is 11.0. The van der Waals surface area contributed by atoms with E-state index in [1.165, 1.54) is 6.92 Å². The number of nitrogens with one attached hydrogen (secondary N) is 1. The standard InChI is InChI=1S/C7H12N2O6/c1-6(8-5-10)7(11)14-3-2-4-15-9(12)13/h5-6H,2-4H2,1H3,(H,8,10). The first-order valence-corrected chi connectivity index (χ1v) is 4.21. The smallest absolute Gasteiger partial charge is 0.328 e. The van der Waals surface area contributed by atoms with Crippen LogP contribution in [0.3, 0.4) is 0 Å². The maximum absolute atomic E-state index is 11.0. The Kier molecular flexibility index (Phi) is 6.60. The van der Waals surface area contributed by atoms with E-state index >= 15 is 0 Å². The molecular formula is C7H12N2O6. The number of ether oxygens (including phenoxy) is 1. The molecule has 86 valence electrons. The molecule has 0 aliphatic rings. The van der Waals surface area contributed by atoms with Gasteiger partial charge in [-0.3, -0.25) is 4.79 Å². The van der Waals surface area contributed by atoms with E-state index in [2.05, 4.69) is 14.9 Å². The van der Waals surface area contributed by atoms with Gasteiger partial charge < -0.3 is 14.9 Å². The molecule has 0 radical (unpaired) electrons. The molecule has 1 N–H and O–H groups in total. The number of hydrogen-bond acceptors (Lipinski definition) is 6. The molecule has 0 saturated heterocycles. The van der Waals surface area contributed by atoms with Crippen molar-refractivity contribution in [3.8, 4) is 0 Å². The van der Waals surface area contributed by atoms with Gasteiger partial charge in [0.25, 0.3) is 5.09 Å². The Morgan fingerprint density at radius 3 is 2.80 bits per heavy atom. The van der Waals surface area contributed by atoms with Crippen LogP contribution in [0.5, 0.6) is 0 Å². The number of esters is 1. The molecule has 1 atom stereocenters. The van der Waals surface area contributed by atoms with Gasteiger partial charge in [0.1, 0.15) is 6.04 Å². The Morgan fingerprint density at radius 2 is 2.27 bits per heavy atom. The normalized spacial score (nSPS) is 11.3. The van der Waals surface area contributed by atoms with Crippen molar-refractivity contribution < 1.29 is 24.3 Å². The van der Waals surface area contributed by atoms with Crippen molar-refractivity contribution in [1.82, 2.24) is 5.32 Å². The summed E-state index contributed by atoms with van der Waals surface area (Å²) in [7, 11) is 0. The van der Waals surface area contributed by atoms with Gasteiger partial charge in [-0.2, -0.15) is 0 Å². The zero-order chi connectivity index (χ0) is 11.7. The molecule has 0 aromatic rings. The van der Waals surface area contributed by atoms with E-state index in [-0.39, 0.29) is 19.6 Å². The molecule has 15 heavy (non-hydrogen) atoms. The van der Waals surface area contributed by atoms with Crippen molar-refractivity contribution in [2.24, 2.45) is 0 Å². The highest BCUT2D eigenvalue weighted by Gasteiger charge is 2.12. The summed E-state index contributed by atoms with van der Waals surface area (Å²) in [5.41, 5.74) is 0. The third-order valence-corrected chi connectivity index (χ3v) is 1.40. The molecule has 8 nitrogen and oxygen atoms in total. The highest BCUT2D eigenvalue weighted by molar-refractivity contribution is 5.77. The summed E-state index contributed by atoms with van der Waals surface area (Å²) >= 11 is 0. The van der Waals surface area contributed by atoms with E-state index < -0.39 is 17.1 Å². The molecule has 0 aliphatic heterocycles. The van der Waals surface area contributed by atoms with Crippen molar-refractivity contribution in [2.45, 2.75) is 19.4 Å². The monoisotopic (exact) mass is 220 g/mol. The highest BCUT2D eigenvalue weighted by Crippen LogP contribution is 1.90. The summed E-state index contributed by atoms with van der Waals surface area (Å²) < 4.78 is 4.68. The Bertz CT molecular complexity index is 232. The van der Waals surface area contributed by atoms with E-state index in [1.807, 2.05) is 0 Å². The third-order valence-electron chi connectivity index (χ3n) is 1.40. The molecule has 1 unspecified atom stereocenters. The van der Waals surface area contributed by atoms with Crippen molar-refractivity contribution >= 4 is 12.4 Å². The lowest BCUT2D eigenvalue weighted by atomic mass is 10.3. The quantitative estimate of drug-likeness (QED) is 0.190. The maximum atomic E-state index is 11.0. The molecule has 0 saturated carbocycles. The first-order valence-electron chi connectivity index (χ1n) is 4.21. The summed E-state index contributed by atoms with van der Waals surface area (Å²) in [6, 6.07) is -0.723. The van der Waals surface area contributed by atoms with Gasteiger partial charge in [0.15, 0.2) is 0 Å². The van der Waals surface area contributed by atoms with Crippen molar-refractivity contribution in [3.63, 3.8) is 0 Å². The van der Waals surface area contributed by atoms with Crippen LogP contribution in [-0.2, 0) is 19.2 Å². The second kappa shape index (κ2) is 7.54. The Labute approximate surface area is 85.6 Å². The average Bonchev–Trinajstić information content (AvgIpc) is 2.16. The molecule has 0 rings (SSSR count). The fourth-order valence-electron chi connectivity index (χ4n) is 0.666. The SMILES string of the molecule is CC(NC=O)C(=O)OCCCO[N+](=O)[O-]. The van der Waals surface area contributed by atoms with E-state index in [0.717, 1.165) is 0 Å². The van der Waals surface area contributed by atoms with Gasteiger partial charge in [-0.1, -0.05) is 0 Å². The molecule has 0 spiro atoms. The molecule has 0 aromatic heterocycles. The number of hydrogen-bond donors (Lipinski definition) is 1. The summed E-state index contributed by atoms with van der Waals surface area (Å²) in [5.74, 6) is -0.594. The predicted octanol–water partition coefficient (Wildman–Crippen LogP) is -0.738. The first-order chi connectivity index (χ1) is 7.07. The number of carbonyl (C=O) groups excluding carboxylic acids is 2. The average molecular weight is 220 g/mol. The number of nitrogens with zero attached hydrogens (tertiary/aromatic N) is 1. The topological polar surface area (TPSA) is 108 Å². The van der Waals surface area contributed by atoms with Crippen LogP contribution < -0.4 is 5.32 Å². The van der Waals surface area contributed by atoms with Gasteiger partial charge in [-0.15, -0.1) is 10.1 Å². The Morgan fingerprint density at radius 1 is 1.60 bits per heavy atom. The predicted molar refractivity (Wildman–Crippen MR) is 47.2 cm³/mol. The molecule has 0 bridgehead atoms. The molecule has 0 fully saturated rings. The van der Waals surface area contributed by atoms with Crippen LogP contribution in [-0.4, -0.2) is 36.7 Å². The molecular weight excluding hydrogens is 208 g/mol. The molecule has 1 amide bonds. The second-order valence-corrected chi connectivity index (χ2v) is 2.58. The van der Waals surface area contributed by atoms with Crippen LogP contribution in [0.2, 0.25) is 0 Å². The first kappa shape index (κ1) is 13.1. The van der Waals surface area contributed by atoms with Crippen molar-refractivity contribution in [3.05, 3.63) is 10.1 Å².